The molecular formula is C4H7O4P. The van der Waals surface area contributed by atoms with Gasteiger partial charge in [0, 0.05) is 0 Å². The van der Waals surface area contributed by atoms with Crippen LogP contribution in [-0.2, 0) is 9.32 Å². The Bertz CT molecular complexity index is 131. The first-order chi connectivity index (χ1) is 4.16. The third kappa shape index (κ3) is 5.43. The average molecular weight is 150 g/mol. The minimum atomic E-state index is -1.87. The summed E-state index contributed by atoms with van der Waals surface area (Å²) in [4.78, 5) is 20.1. The molecule has 9 heavy (non-hydrogen) atoms. The van der Waals surface area contributed by atoms with Gasteiger partial charge in [0.05, 0.1) is 7.11 Å². The van der Waals surface area contributed by atoms with Crippen molar-refractivity contribution in [1.29, 1.82) is 0 Å². The highest BCUT2D eigenvalue weighted by atomic mass is 31.1. The second-order valence-electron chi connectivity index (χ2n) is 1.25. The lowest BCUT2D eigenvalue weighted by atomic mass is 10.5. The molecule has 0 saturated carbocycles. The molecule has 5 heteroatoms. The first kappa shape index (κ1) is 8.56. The minimum Gasteiger partial charge on any atom is -0.603 e. The van der Waals surface area contributed by atoms with Crippen LogP contribution in [0, 0.1) is 0 Å². The number of carbonyl (C=O) groups is 1. The lowest BCUT2D eigenvalue weighted by molar-refractivity contribution is -0.170. The summed E-state index contributed by atoms with van der Waals surface area (Å²) in [6, 6.07) is 0. The predicted octanol–water partition coefficient (Wildman–Crippen LogP) is -0.418. The van der Waals surface area contributed by atoms with E-state index >= 15 is 0 Å². The molecule has 0 aliphatic rings. The number of carboxylic acids is 1. The third-order valence-corrected chi connectivity index (χ3v) is 1.44. The van der Waals surface area contributed by atoms with Crippen molar-refractivity contribution in [1.82, 2.24) is 0 Å². The van der Waals surface area contributed by atoms with Crippen LogP contribution in [0.5, 0.6) is 0 Å². The van der Waals surface area contributed by atoms with E-state index in [2.05, 4.69) is 4.52 Å². The quantitative estimate of drug-likeness (QED) is 0.555. The Morgan fingerprint density at radius 2 is 2.56 bits per heavy atom. The van der Waals surface area contributed by atoms with Gasteiger partial charge in [0.1, 0.15) is 12.2 Å². The molecule has 0 rings (SSSR count). The number of rotatable bonds is 3. The van der Waals surface area contributed by atoms with Gasteiger partial charge >= 0.3 is 5.97 Å². The smallest absolute Gasteiger partial charge is 0.311 e. The molecule has 0 aliphatic carbocycles. The Morgan fingerprint density at radius 1 is 2.00 bits per heavy atom. The van der Waals surface area contributed by atoms with Crippen molar-refractivity contribution in [2.24, 2.45) is 0 Å². The van der Waals surface area contributed by atoms with Gasteiger partial charge in [-0.15, -0.1) is 0 Å². The van der Waals surface area contributed by atoms with Crippen molar-refractivity contribution < 1.29 is 19.3 Å². The van der Waals surface area contributed by atoms with Crippen LogP contribution in [-0.4, -0.2) is 24.0 Å². The van der Waals surface area contributed by atoms with Crippen LogP contribution in [0.25, 0.3) is 0 Å². The Kier molecular flexibility index (Phi) is 4.22. The molecule has 1 N–H and O–H groups in total. The van der Waals surface area contributed by atoms with E-state index in [1.54, 1.807) is 0 Å². The van der Waals surface area contributed by atoms with Crippen molar-refractivity contribution in [2.45, 2.75) is 6.42 Å². The molecule has 0 amide bonds. The Labute approximate surface area is 53.6 Å². The molecule has 1 unspecified atom stereocenters. The van der Waals surface area contributed by atoms with Gasteiger partial charge in [-0.25, -0.2) is 0 Å². The molecular weight excluding hydrogens is 143 g/mol. The zero-order chi connectivity index (χ0) is 7.28. The van der Waals surface area contributed by atoms with Crippen molar-refractivity contribution >= 4 is 19.8 Å². The second-order valence-corrected chi connectivity index (χ2v) is 2.55. The largest absolute Gasteiger partial charge is 0.603 e. The lowest BCUT2D eigenvalue weighted by Gasteiger charge is -1.87. The normalized spacial score (nSPS) is 11.6. The topological polar surface area (TPSA) is 69.6 Å². The molecule has 52 valence electrons. The Hall–Kier alpha value is -0.440. The fraction of sp³-hybridized carbons (Fsp3) is 0.500. The first-order valence-electron chi connectivity index (χ1n) is 2.22. The highest BCUT2D eigenvalue weighted by Gasteiger charge is 1.96. The predicted molar refractivity (Wildman–Crippen MR) is 32.2 cm³/mol. The molecule has 1 atom stereocenters. The maximum atomic E-state index is 10.3. The molecule has 0 spiro atoms. The van der Waals surface area contributed by atoms with Gasteiger partial charge in [-0.05, 0) is 0 Å². The molecule has 0 aromatic carbocycles. The number of carboxylic acid groups (broad SMARTS) is 1. The van der Waals surface area contributed by atoms with E-state index in [-0.39, 0.29) is 6.42 Å². The van der Waals surface area contributed by atoms with Crippen LogP contribution in [0.4, 0.5) is 0 Å². The molecule has 0 heterocycles. The fourth-order valence-corrected chi connectivity index (χ4v) is 0.681. The summed E-state index contributed by atoms with van der Waals surface area (Å²) in [6.07, 6.45) is -0.219. The van der Waals surface area contributed by atoms with Crippen LogP contribution in [0.3, 0.4) is 0 Å². The number of hydrogen-bond donors (Lipinski definition) is 1. The van der Waals surface area contributed by atoms with Crippen LogP contribution < -0.4 is 4.89 Å². The molecule has 0 fully saturated rings. The van der Waals surface area contributed by atoms with E-state index < -0.39 is 14.0 Å². The van der Waals surface area contributed by atoms with E-state index in [9.17, 15) is 9.69 Å². The summed E-state index contributed by atoms with van der Waals surface area (Å²) < 4.78 is 4.29. The SMILES string of the molecule is CO/[P+]([O-])=C/CC(=O)O. The number of hydrogen-bond acceptors (Lipinski definition) is 3. The second kappa shape index (κ2) is 4.44. The monoisotopic (exact) mass is 150 g/mol. The van der Waals surface area contributed by atoms with Gasteiger partial charge in [-0.2, -0.15) is 4.52 Å². The van der Waals surface area contributed by atoms with E-state index in [1.165, 1.54) is 7.11 Å². The van der Waals surface area contributed by atoms with Crippen molar-refractivity contribution in [2.75, 3.05) is 7.11 Å². The zero-order valence-corrected chi connectivity index (χ0v) is 5.80. The molecule has 4 nitrogen and oxygen atoms in total. The lowest BCUT2D eigenvalue weighted by Crippen LogP contribution is -1.98. The number of aliphatic carboxylic acids is 1. The standard InChI is InChI=1S/C4H7O4P/c1-8-9(7)3-2-4(5)6/h3H,2H2,1H3,(H,5,6). The Balaban J connectivity index is 3.56. The molecule has 0 aromatic heterocycles. The molecule has 0 radical (unpaired) electrons. The van der Waals surface area contributed by atoms with E-state index in [4.69, 9.17) is 5.11 Å². The minimum absolute atomic E-state index is 0.219. The molecule has 0 aliphatic heterocycles. The summed E-state index contributed by atoms with van der Waals surface area (Å²) in [5, 5.41) is 8.04. The summed E-state index contributed by atoms with van der Waals surface area (Å²) in [7, 11) is -0.606. The van der Waals surface area contributed by atoms with Crippen LogP contribution in [0.1, 0.15) is 6.42 Å². The fourth-order valence-electron chi connectivity index (χ4n) is 0.227. The average Bonchev–Trinajstić information content (AvgIpc) is 1.83. The zero-order valence-electron chi connectivity index (χ0n) is 4.90. The van der Waals surface area contributed by atoms with Gasteiger partial charge in [-0.3, -0.25) is 4.79 Å². The van der Waals surface area contributed by atoms with E-state index in [1.807, 2.05) is 0 Å². The third-order valence-electron chi connectivity index (χ3n) is 0.595. The summed E-state index contributed by atoms with van der Waals surface area (Å²) in [5.41, 5.74) is 0. The van der Waals surface area contributed by atoms with Crippen LogP contribution in [0.2, 0.25) is 0 Å². The highest BCUT2D eigenvalue weighted by Crippen LogP contribution is 2.07. The van der Waals surface area contributed by atoms with E-state index in [0.29, 0.717) is 0 Å². The van der Waals surface area contributed by atoms with Gasteiger partial charge in [0.2, 0.25) is 8.00 Å². The van der Waals surface area contributed by atoms with Crippen molar-refractivity contribution in [3.8, 4) is 0 Å². The summed E-state index contributed by atoms with van der Waals surface area (Å²) >= 11 is 0. The maximum absolute atomic E-state index is 10.3. The van der Waals surface area contributed by atoms with Gasteiger partial charge in [-0.1, -0.05) is 0 Å². The van der Waals surface area contributed by atoms with Crippen molar-refractivity contribution in [3.63, 3.8) is 0 Å². The van der Waals surface area contributed by atoms with Gasteiger partial charge < -0.3 is 10.00 Å². The summed E-state index contributed by atoms with van der Waals surface area (Å²) in [5.74, 6) is 0.105. The first-order valence-corrected chi connectivity index (χ1v) is 3.47. The molecule has 0 aromatic rings. The molecule has 0 bridgehead atoms. The van der Waals surface area contributed by atoms with E-state index in [0.717, 1.165) is 5.80 Å². The van der Waals surface area contributed by atoms with Gasteiger partial charge in [0.15, 0.2) is 0 Å². The summed E-state index contributed by atoms with van der Waals surface area (Å²) in [6.45, 7) is 0. The highest BCUT2D eigenvalue weighted by molar-refractivity contribution is 7.44. The Morgan fingerprint density at radius 3 is 2.89 bits per heavy atom. The van der Waals surface area contributed by atoms with Gasteiger partial charge in [0.25, 0.3) is 0 Å². The van der Waals surface area contributed by atoms with Crippen molar-refractivity contribution in [3.05, 3.63) is 0 Å². The molecule has 0 saturated heterocycles. The van der Waals surface area contributed by atoms with Crippen LogP contribution in [0.15, 0.2) is 0 Å². The maximum Gasteiger partial charge on any atom is 0.311 e. The van der Waals surface area contributed by atoms with Crippen LogP contribution >= 0.6 is 8.00 Å².